The number of nitrogens with two attached hydrogens (primary N) is 1. The molecular formula is C9H10FN3. The van der Waals surface area contributed by atoms with Crippen LogP contribution >= 0.6 is 0 Å². The van der Waals surface area contributed by atoms with Crippen molar-refractivity contribution in [3.8, 4) is 0 Å². The molecule has 0 bridgehead atoms. The highest BCUT2D eigenvalue weighted by molar-refractivity contribution is 5.49. The molecule has 2 aromatic heterocycles. The molecular weight excluding hydrogens is 169 g/mol. The summed E-state index contributed by atoms with van der Waals surface area (Å²) in [6.45, 7) is 1.90. The molecule has 0 aliphatic rings. The van der Waals surface area contributed by atoms with E-state index < -0.39 is 0 Å². The van der Waals surface area contributed by atoms with Crippen LogP contribution in [0, 0.1) is 5.82 Å². The predicted molar refractivity (Wildman–Crippen MR) is 48.9 cm³/mol. The highest BCUT2D eigenvalue weighted by atomic mass is 19.1. The Morgan fingerprint density at radius 3 is 3.08 bits per heavy atom. The van der Waals surface area contributed by atoms with Gasteiger partial charge in [0.25, 0.3) is 0 Å². The molecule has 0 fully saturated rings. The smallest absolute Gasteiger partial charge is 0.141 e. The first-order chi connectivity index (χ1) is 6.22. The monoisotopic (exact) mass is 179 g/mol. The Hall–Kier alpha value is -1.58. The lowest BCUT2D eigenvalue weighted by molar-refractivity contribution is 0.610. The molecule has 0 saturated heterocycles. The zero-order valence-corrected chi connectivity index (χ0v) is 7.29. The Morgan fingerprint density at radius 2 is 2.38 bits per heavy atom. The molecule has 0 saturated carbocycles. The average Bonchev–Trinajstić information content (AvgIpc) is 2.46. The molecule has 2 aromatic rings. The van der Waals surface area contributed by atoms with E-state index >= 15 is 0 Å². The summed E-state index contributed by atoms with van der Waals surface area (Å²) < 4.78 is 14.9. The third-order valence-corrected chi connectivity index (χ3v) is 2.08. The number of nitrogens with zero attached hydrogens (tertiary/aromatic N) is 2. The quantitative estimate of drug-likeness (QED) is 0.722. The molecule has 2 N–H and O–H groups in total. The fourth-order valence-corrected chi connectivity index (χ4v) is 1.32. The van der Waals surface area contributed by atoms with E-state index in [1.165, 1.54) is 12.3 Å². The molecule has 13 heavy (non-hydrogen) atoms. The minimum Gasteiger partial charge on any atom is -0.383 e. The van der Waals surface area contributed by atoms with Crippen molar-refractivity contribution in [1.82, 2.24) is 9.38 Å². The van der Waals surface area contributed by atoms with Crippen LogP contribution in [-0.2, 0) is 6.42 Å². The van der Waals surface area contributed by atoms with E-state index in [9.17, 15) is 4.39 Å². The number of aryl methyl sites for hydroxylation is 1. The summed E-state index contributed by atoms with van der Waals surface area (Å²) >= 11 is 0. The first-order valence-corrected chi connectivity index (χ1v) is 4.13. The molecule has 0 amide bonds. The molecule has 0 aliphatic heterocycles. The van der Waals surface area contributed by atoms with Gasteiger partial charge in [-0.1, -0.05) is 6.92 Å². The maximum absolute atomic E-state index is 13.2. The van der Waals surface area contributed by atoms with E-state index in [1.807, 2.05) is 6.92 Å². The molecule has 0 radical (unpaired) electrons. The summed E-state index contributed by atoms with van der Waals surface area (Å²) in [5, 5.41) is 0. The molecule has 0 unspecified atom stereocenters. The Kier molecular flexibility index (Phi) is 1.69. The summed E-state index contributed by atoms with van der Waals surface area (Å²) in [6, 6.07) is 1.40. The van der Waals surface area contributed by atoms with Crippen LogP contribution in [-0.4, -0.2) is 9.38 Å². The number of hydrogen-bond acceptors (Lipinski definition) is 2. The van der Waals surface area contributed by atoms with E-state index in [0.717, 1.165) is 0 Å². The number of anilines is 1. The van der Waals surface area contributed by atoms with Gasteiger partial charge in [-0.25, -0.2) is 9.37 Å². The van der Waals surface area contributed by atoms with Crippen molar-refractivity contribution < 1.29 is 4.39 Å². The lowest BCUT2D eigenvalue weighted by Gasteiger charge is -2.01. The van der Waals surface area contributed by atoms with E-state index in [1.54, 1.807) is 10.6 Å². The normalized spacial score (nSPS) is 10.9. The summed E-state index contributed by atoms with van der Waals surface area (Å²) in [4.78, 5) is 3.95. The van der Waals surface area contributed by atoms with Crippen LogP contribution in [0.5, 0.6) is 0 Å². The molecule has 2 rings (SSSR count). The van der Waals surface area contributed by atoms with Gasteiger partial charge in [-0.3, -0.25) is 4.40 Å². The van der Waals surface area contributed by atoms with Gasteiger partial charge in [-0.15, -0.1) is 0 Å². The minimum atomic E-state index is -0.222. The standard InChI is InChI=1S/C9H10FN3/c1-2-6-5-13-8(11)4-12-9(13)3-7(6)10/h3-5H,2,11H2,1H3. The Labute approximate surface area is 75.0 Å². The van der Waals surface area contributed by atoms with Gasteiger partial charge >= 0.3 is 0 Å². The number of nitrogen functional groups attached to an aromatic ring is 1. The molecule has 68 valence electrons. The van der Waals surface area contributed by atoms with Crippen molar-refractivity contribution in [3.63, 3.8) is 0 Å². The van der Waals surface area contributed by atoms with Crippen LogP contribution in [0.1, 0.15) is 12.5 Å². The van der Waals surface area contributed by atoms with Crippen molar-refractivity contribution in [1.29, 1.82) is 0 Å². The molecule has 0 spiro atoms. The van der Waals surface area contributed by atoms with Crippen LogP contribution in [0.15, 0.2) is 18.5 Å². The Morgan fingerprint density at radius 1 is 1.62 bits per heavy atom. The largest absolute Gasteiger partial charge is 0.383 e. The number of pyridine rings is 1. The first kappa shape index (κ1) is 8.04. The van der Waals surface area contributed by atoms with Gasteiger partial charge in [0.05, 0.1) is 6.20 Å². The van der Waals surface area contributed by atoms with Gasteiger partial charge in [0, 0.05) is 17.8 Å². The van der Waals surface area contributed by atoms with Crippen molar-refractivity contribution in [2.45, 2.75) is 13.3 Å². The van der Waals surface area contributed by atoms with E-state index in [-0.39, 0.29) is 5.82 Å². The SMILES string of the molecule is CCc1cn2c(N)cnc2cc1F. The van der Waals surface area contributed by atoms with Crippen molar-refractivity contribution in [2.75, 3.05) is 5.73 Å². The summed E-state index contributed by atoms with van der Waals surface area (Å²) in [7, 11) is 0. The van der Waals surface area contributed by atoms with Gasteiger partial charge in [0.2, 0.25) is 0 Å². The zero-order chi connectivity index (χ0) is 9.42. The number of hydrogen-bond donors (Lipinski definition) is 1. The van der Waals surface area contributed by atoms with E-state index in [2.05, 4.69) is 4.98 Å². The first-order valence-electron chi connectivity index (χ1n) is 4.13. The summed E-state index contributed by atoms with van der Waals surface area (Å²) in [6.07, 6.45) is 3.86. The lowest BCUT2D eigenvalue weighted by atomic mass is 10.2. The lowest BCUT2D eigenvalue weighted by Crippen LogP contribution is -1.97. The van der Waals surface area contributed by atoms with Gasteiger partial charge in [-0.2, -0.15) is 0 Å². The second-order valence-electron chi connectivity index (χ2n) is 2.91. The number of fused-ring (bicyclic) bond motifs is 1. The number of rotatable bonds is 1. The molecule has 3 nitrogen and oxygen atoms in total. The summed E-state index contributed by atoms with van der Waals surface area (Å²) in [5.41, 5.74) is 6.83. The van der Waals surface area contributed by atoms with Crippen molar-refractivity contribution in [2.24, 2.45) is 0 Å². The fraction of sp³-hybridized carbons (Fsp3) is 0.222. The maximum Gasteiger partial charge on any atom is 0.141 e. The Bertz CT molecular complexity index is 447. The zero-order valence-electron chi connectivity index (χ0n) is 7.29. The maximum atomic E-state index is 13.2. The molecule has 0 aliphatic carbocycles. The van der Waals surface area contributed by atoms with E-state index in [4.69, 9.17) is 5.73 Å². The topological polar surface area (TPSA) is 43.3 Å². The molecule has 0 aromatic carbocycles. The third-order valence-electron chi connectivity index (χ3n) is 2.08. The fourth-order valence-electron chi connectivity index (χ4n) is 1.32. The van der Waals surface area contributed by atoms with Gasteiger partial charge in [-0.05, 0) is 6.42 Å². The van der Waals surface area contributed by atoms with Crippen LogP contribution in [0.25, 0.3) is 5.65 Å². The third kappa shape index (κ3) is 1.14. The molecule has 4 heteroatoms. The summed E-state index contributed by atoms with van der Waals surface area (Å²) in [5.74, 6) is 0.310. The molecule has 0 atom stereocenters. The van der Waals surface area contributed by atoms with Crippen LogP contribution in [0.4, 0.5) is 10.2 Å². The minimum absolute atomic E-state index is 0.222. The molecule has 2 heterocycles. The van der Waals surface area contributed by atoms with Gasteiger partial charge in [0.15, 0.2) is 0 Å². The van der Waals surface area contributed by atoms with E-state index in [0.29, 0.717) is 23.4 Å². The van der Waals surface area contributed by atoms with Gasteiger partial charge in [0.1, 0.15) is 17.3 Å². The van der Waals surface area contributed by atoms with Gasteiger partial charge < -0.3 is 5.73 Å². The van der Waals surface area contributed by atoms with Crippen LogP contribution in [0.2, 0.25) is 0 Å². The average molecular weight is 179 g/mol. The number of aromatic nitrogens is 2. The number of imidazole rings is 1. The number of halogens is 1. The van der Waals surface area contributed by atoms with Crippen molar-refractivity contribution in [3.05, 3.63) is 29.8 Å². The highest BCUT2D eigenvalue weighted by Gasteiger charge is 2.05. The Balaban J connectivity index is 2.77. The second-order valence-corrected chi connectivity index (χ2v) is 2.91. The second kappa shape index (κ2) is 2.73. The van der Waals surface area contributed by atoms with Crippen LogP contribution < -0.4 is 5.73 Å². The predicted octanol–water partition coefficient (Wildman–Crippen LogP) is 1.62. The highest BCUT2D eigenvalue weighted by Crippen LogP contribution is 2.14. The van der Waals surface area contributed by atoms with Crippen LogP contribution in [0.3, 0.4) is 0 Å². The van der Waals surface area contributed by atoms with Crippen molar-refractivity contribution >= 4 is 11.5 Å².